The molecule has 0 saturated carbocycles. The first-order valence-electron chi connectivity index (χ1n) is 16.0. The molecule has 0 spiro atoms. The van der Waals surface area contributed by atoms with E-state index in [1.807, 2.05) is 6.08 Å². The molecule has 0 amide bonds. The summed E-state index contributed by atoms with van der Waals surface area (Å²) in [7, 11) is 0. The van der Waals surface area contributed by atoms with E-state index in [0.29, 0.717) is 12.2 Å². The molecule has 0 aromatic heterocycles. The van der Waals surface area contributed by atoms with Gasteiger partial charge in [-0.1, -0.05) is 99.3 Å². The van der Waals surface area contributed by atoms with Gasteiger partial charge >= 0.3 is 0 Å². The van der Waals surface area contributed by atoms with Gasteiger partial charge in [0.2, 0.25) is 0 Å². The Hall–Kier alpha value is -2.75. The second-order valence-corrected chi connectivity index (χ2v) is 12.0. The molecule has 3 heteroatoms. The number of benzene rings is 2. The first-order valence-corrected chi connectivity index (χ1v) is 16.0. The summed E-state index contributed by atoms with van der Waals surface area (Å²) in [6.07, 6.45) is 15.1. The van der Waals surface area contributed by atoms with Gasteiger partial charge in [-0.05, 0) is 99.7 Å². The zero-order valence-corrected chi connectivity index (χ0v) is 26.1. The van der Waals surface area contributed by atoms with Crippen molar-refractivity contribution in [1.82, 2.24) is 9.80 Å². The average molecular weight is 555 g/mol. The molecule has 0 bridgehead atoms. The van der Waals surface area contributed by atoms with Gasteiger partial charge < -0.3 is 0 Å². The molecule has 0 N–H and O–H groups in total. The topological polar surface area (TPSA) is 23.6 Å². The first kappa shape index (κ1) is 32.8. The number of hydrogen-bond donors (Lipinski definition) is 0. The molecule has 1 aliphatic rings. The van der Waals surface area contributed by atoms with Crippen LogP contribution in [0.25, 0.3) is 0 Å². The quantitative estimate of drug-likeness (QED) is 0.183. The van der Waals surface area contributed by atoms with Crippen LogP contribution >= 0.6 is 0 Å². The van der Waals surface area contributed by atoms with Gasteiger partial charge in [0.25, 0.3) is 0 Å². The van der Waals surface area contributed by atoms with Crippen molar-refractivity contribution < 1.29 is 4.79 Å². The molecule has 1 heterocycles. The van der Waals surface area contributed by atoms with Crippen LogP contribution in [0.3, 0.4) is 0 Å². The van der Waals surface area contributed by atoms with Crippen molar-refractivity contribution in [1.29, 1.82) is 0 Å². The van der Waals surface area contributed by atoms with Crippen LogP contribution in [-0.4, -0.2) is 48.3 Å². The predicted octanol–water partition coefficient (Wildman–Crippen LogP) is 8.68. The predicted molar refractivity (Wildman–Crippen MR) is 176 cm³/mol. The molecule has 2 aromatic rings. The van der Waals surface area contributed by atoms with Crippen LogP contribution in [0.1, 0.15) is 76.8 Å². The molecule has 0 radical (unpaired) electrons. The summed E-state index contributed by atoms with van der Waals surface area (Å²) in [6, 6.07) is 21.5. The fourth-order valence-corrected chi connectivity index (χ4v) is 5.92. The normalized spacial score (nSPS) is 17.8. The maximum absolute atomic E-state index is 12.9. The van der Waals surface area contributed by atoms with Crippen molar-refractivity contribution in [2.24, 2.45) is 11.8 Å². The number of hydrogen-bond acceptors (Lipinski definition) is 3. The summed E-state index contributed by atoms with van der Waals surface area (Å²) in [6.45, 7) is 17.0. The third-order valence-corrected chi connectivity index (χ3v) is 8.61. The summed E-state index contributed by atoms with van der Waals surface area (Å²) >= 11 is 0. The highest BCUT2D eigenvalue weighted by molar-refractivity contribution is 5.82. The minimum absolute atomic E-state index is 0.0451. The number of carbonyl (C=O) groups is 1. The van der Waals surface area contributed by atoms with Crippen molar-refractivity contribution in [3.05, 3.63) is 108 Å². The second-order valence-electron chi connectivity index (χ2n) is 12.0. The number of nitrogens with zero attached hydrogens (tertiary/aromatic N) is 2. The Bertz CT molecular complexity index is 1090. The van der Waals surface area contributed by atoms with Gasteiger partial charge in [-0.25, -0.2) is 0 Å². The minimum atomic E-state index is -0.0451. The number of likely N-dealkylation sites (tertiary alicyclic amines) is 1. The van der Waals surface area contributed by atoms with Crippen LogP contribution in [-0.2, 0) is 17.8 Å². The van der Waals surface area contributed by atoms with E-state index >= 15 is 0 Å². The van der Waals surface area contributed by atoms with Crippen LogP contribution in [0.15, 0.2) is 96.6 Å². The third kappa shape index (κ3) is 12.3. The molecule has 3 nitrogen and oxygen atoms in total. The lowest BCUT2D eigenvalue weighted by Gasteiger charge is -2.23. The van der Waals surface area contributed by atoms with Crippen LogP contribution in [0.2, 0.25) is 0 Å². The summed E-state index contributed by atoms with van der Waals surface area (Å²) in [4.78, 5) is 18.1. The Labute approximate surface area is 251 Å². The molecule has 2 atom stereocenters. The molecule has 2 aromatic carbocycles. The highest BCUT2D eigenvalue weighted by atomic mass is 16.1. The summed E-state index contributed by atoms with van der Waals surface area (Å²) < 4.78 is 0. The van der Waals surface area contributed by atoms with Gasteiger partial charge in [0.1, 0.15) is 5.78 Å². The molecule has 2 unspecified atom stereocenters. The lowest BCUT2D eigenvalue weighted by Crippen LogP contribution is -2.29. The van der Waals surface area contributed by atoms with Crippen LogP contribution in [0.4, 0.5) is 0 Å². The van der Waals surface area contributed by atoms with Crippen LogP contribution in [0.5, 0.6) is 0 Å². The number of rotatable bonds is 17. The standard InChI is InChI=1S/C38H54N2O/c1-5-26-39(28-24-34-15-9-7-10-16-34)31-37(6-2)32(3)22-23-33(4)38(41)21-13-19-35-20-14-27-40(29-25-35)30-36-17-11-8-12-18-36/h6-12,15-18,22-23,33,35H,2,5,13-14,19-21,24-31H2,1,3-4H3/b23-22-,37-32+. The van der Waals surface area contributed by atoms with Crippen molar-refractivity contribution in [3.8, 4) is 0 Å². The van der Waals surface area contributed by atoms with Crippen molar-refractivity contribution in [3.63, 3.8) is 0 Å². The number of ketones is 1. The third-order valence-electron chi connectivity index (χ3n) is 8.61. The van der Waals surface area contributed by atoms with Crippen molar-refractivity contribution in [2.75, 3.05) is 32.7 Å². The maximum atomic E-state index is 12.9. The summed E-state index contributed by atoms with van der Waals surface area (Å²) in [5, 5.41) is 0. The van der Waals surface area contributed by atoms with Gasteiger partial charge in [-0.2, -0.15) is 0 Å². The molecule has 1 fully saturated rings. The molecule has 222 valence electrons. The molecule has 0 aliphatic carbocycles. The smallest absolute Gasteiger partial charge is 0.139 e. The van der Waals surface area contributed by atoms with Gasteiger partial charge in [-0.3, -0.25) is 14.6 Å². The summed E-state index contributed by atoms with van der Waals surface area (Å²) in [5.74, 6) is 1.07. The van der Waals surface area contributed by atoms with E-state index in [1.165, 1.54) is 61.0 Å². The number of allylic oxidation sites excluding steroid dienone is 3. The Balaban J connectivity index is 1.41. The first-order chi connectivity index (χ1) is 20.0. The highest BCUT2D eigenvalue weighted by Crippen LogP contribution is 2.24. The highest BCUT2D eigenvalue weighted by Gasteiger charge is 2.18. The maximum Gasteiger partial charge on any atom is 0.139 e. The molecule has 3 rings (SSSR count). The summed E-state index contributed by atoms with van der Waals surface area (Å²) in [5.41, 5.74) is 5.24. The largest absolute Gasteiger partial charge is 0.299 e. The van der Waals surface area contributed by atoms with Crippen molar-refractivity contribution in [2.45, 2.75) is 78.7 Å². The van der Waals surface area contributed by atoms with Gasteiger partial charge in [0.05, 0.1) is 0 Å². The van der Waals surface area contributed by atoms with E-state index < -0.39 is 0 Å². The molecular weight excluding hydrogens is 500 g/mol. The van der Waals surface area contributed by atoms with Gasteiger partial charge in [0.15, 0.2) is 0 Å². The molecule has 1 saturated heterocycles. The zero-order valence-electron chi connectivity index (χ0n) is 26.1. The minimum Gasteiger partial charge on any atom is -0.299 e. The van der Waals surface area contributed by atoms with Crippen molar-refractivity contribution >= 4 is 5.78 Å². The van der Waals surface area contributed by atoms with E-state index in [4.69, 9.17) is 0 Å². The van der Waals surface area contributed by atoms with E-state index in [2.05, 4.69) is 110 Å². The fourth-order valence-electron chi connectivity index (χ4n) is 5.92. The lowest BCUT2D eigenvalue weighted by molar-refractivity contribution is -0.121. The zero-order chi connectivity index (χ0) is 29.3. The Morgan fingerprint density at radius 3 is 2.41 bits per heavy atom. The van der Waals surface area contributed by atoms with E-state index in [9.17, 15) is 4.79 Å². The Morgan fingerprint density at radius 1 is 1.02 bits per heavy atom. The number of Topliss-reactive ketones (excluding diaryl/α,β-unsaturated/α-hetero) is 1. The second kappa shape index (κ2) is 18.6. The van der Waals surface area contributed by atoms with Gasteiger partial charge in [-0.15, -0.1) is 0 Å². The van der Waals surface area contributed by atoms with Crippen LogP contribution in [0, 0.1) is 11.8 Å². The number of carbonyl (C=O) groups excluding carboxylic acids is 1. The molecular formula is C38H54N2O. The average Bonchev–Trinajstić information content (AvgIpc) is 3.22. The lowest BCUT2D eigenvalue weighted by atomic mass is 9.92. The SMILES string of the molecule is C=C/C(CN(CCC)CCc1ccccc1)=C(C)\C=C/C(C)C(=O)CCCC1CCCN(Cc2ccccc2)CC1. The van der Waals surface area contributed by atoms with E-state index in [-0.39, 0.29) is 5.92 Å². The van der Waals surface area contributed by atoms with Gasteiger partial charge in [0, 0.05) is 32.0 Å². The Morgan fingerprint density at radius 2 is 1.73 bits per heavy atom. The van der Waals surface area contributed by atoms with E-state index in [0.717, 1.165) is 51.4 Å². The fraction of sp³-hybridized carbons (Fsp3) is 0.500. The monoisotopic (exact) mass is 554 g/mol. The van der Waals surface area contributed by atoms with E-state index in [1.54, 1.807) is 0 Å². The van der Waals surface area contributed by atoms with Crippen LogP contribution < -0.4 is 0 Å². The Kier molecular flexibility index (Phi) is 14.9. The molecule has 1 aliphatic heterocycles. The molecule has 41 heavy (non-hydrogen) atoms.